The van der Waals surface area contributed by atoms with Gasteiger partial charge in [-0.3, -0.25) is 4.79 Å². The summed E-state index contributed by atoms with van der Waals surface area (Å²) in [5.41, 5.74) is 2.01. The maximum atomic E-state index is 14.1. The third kappa shape index (κ3) is 3.76. The number of benzene rings is 1. The number of thiazole rings is 1. The number of hydrogen-bond acceptors (Lipinski definition) is 3. The Bertz CT molecular complexity index is 678. The molecule has 0 aliphatic carbocycles. The number of anilines is 1. The number of amides is 1. The highest BCUT2D eigenvalue weighted by Crippen LogP contribution is 2.30. The molecule has 0 spiro atoms. The molecule has 5 heteroatoms. The van der Waals surface area contributed by atoms with Gasteiger partial charge in [0.15, 0.2) is 5.13 Å². The Morgan fingerprint density at radius 2 is 2.33 bits per heavy atom. The van der Waals surface area contributed by atoms with E-state index in [-0.39, 0.29) is 0 Å². The highest BCUT2D eigenvalue weighted by Gasteiger charge is 2.13. The van der Waals surface area contributed by atoms with E-state index in [1.165, 1.54) is 11.3 Å². The molecule has 110 valence electrons. The van der Waals surface area contributed by atoms with E-state index in [9.17, 15) is 9.18 Å². The number of nitrogens with zero attached hydrogens (tertiary/aromatic N) is 1. The molecule has 1 aromatic heterocycles. The lowest BCUT2D eigenvalue weighted by Crippen LogP contribution is -2.01. The van der Waals surface area contributed by atoms with Crippen molar-refractivity contribution in [2.24, 2.45) is 0 Å². The van der Waals surface area contributed by atoms with Crippen molar-refractivity contribution in [2.45, 2.75) is 25.9 Å². The summed E-state index contributed by atoms with van der Waals surface area (Å²) < 4.78 is 15.0. The van der Waals surface area contributed by atoms with Crippen LogP contribution in [0.3, 0.4) is 0 Å². The number of carbonyl (C=O) groups excluding carboxylic acids is 1. The molecule has 3 nitrogen and oxygen atoms in total. The average Bonchev–Trinajstić information content (AvgIpc) is 2.88. The zero-order valence-electron chi connectivity index (χ0n) is 11.8. The van der Waals surface area contributed by atoms with E-state index in [1.807, 2.05) is 37.3 Å². The lowest BCUT2D eigenvalue weighted by atomic mass is 10.0. The Hall–Kier alpha value is -2.01. The minimum absolute atomic E-state index is 0.339. The van der Waals surface area contributed by atoms with Gasteiger partial charge in [-0.15, -0.1) is 0 Å². The van der Waals surface area contributed by atoms with Crippen LogP contribution in [0.15, 0.2) is 36.9 Å². The van der Waals surface area contributed by atoms with Gasteiger partial charge < -0.3 is 5.32 Å². The maximum Gasteiger partial charge on any atom is 0.213 e. The number of alkyl halides is 1. The molecule has 0 bridgehead atoms. The first-order chi connectivity index (χ1) is 10.2. The van der Waals surface area contributed by atoms with Crippen LogP contribution in [-0.4, -0.2) is 17.6 Å². The molecule has 0 aliphatic heterocycles. The number of rotatable bonds is 7. The van der Waals surface area contributed by atoms with E-state index in [0.717, 1.165) is 22.2 Å². The number of allylic oxidation sites excluding steroid dienone is 3. The molecule has 1 aromatic carbocycles. The van der Waals surface area contributed by atoms with Gasteiger partial charge in [-0.2, -0.15) is 0 Å². The predicted octanol–water partition coefficient (Wildman–Crippen LogP) is 4.57. The van der Waals surface area contributed by atoms with Gasteiger partial charge in [0.2, 0.25) is 6.41 Å². The zero-order valence-corrected chi connectivity index (χ0v) is 12.6. The molecular weight excluding hydrogens is 287 g/mol. The van der Waals surface area contributed by atoms with Crippen LogP contribution in [0.4, 0.5) is 9.52 Å². The molecule has 0 saturated heterocycles. The minimum atomic E-state index is -1.09. The molecule has 21 heavy (non-hydrogen) atoms. The molecule has 1 heterocycles. The maximum absolute atomic E-state index is 14.1. The van der Waals surface area contributed by atoms with E-state index in [4.69, 9.17) is 0 Å². The Labute approximate surface area is 127 Å². The first-order valence-electron chi connectivity index (χ1n) is 6.74. The van der Waals surface area contributed by atoms with Crippen molar-refractivity contribution in [1.29, 1.82) is 0 Å². The number of hydrogen-bond donors (Lipinski definition) is 1. The molecule has 1 atom stereocenters. The van der Waals surface area contributed by atoms with Gasteiger partial charge in [-0.1, -0.05) is 43.1 Å². The van der Waals surface area contributed by atoms with Crippen LogP contribution in [0, 0.1) is 0 Å². The van der Waals surface area contributed by atoms with Crippen molar-refractivity contribution in [1.82, 2.24) is 4.98 Å². The normalized spacial score (nSPS) is 12.7. The SMILES string of the molecule is C=C(c1ccc2nc(NC=O)sc2c1)C(F)C/C=C\CC. The fraction of sp³-hybridized carbons (Fsp3) is 0.250. The number of nitrogens with one attached hydrogen (secondary N) is 1. The standard InChI is InChI=1S/C16H17FN2OS/c1-3-4-5-6-13(17)11(2)12-7-8-14-15(9-12)21-16(19-14)18-10-20/h4-5,7-10,13H,2-3,6H2,1H3,(H,18,19,20)/b5-4-. The third-order valence-corrected chi connectivity index (χ3v) is 4.01. The quantitative estimate of drug-likeness (QED) is 0.601. The molecule has 0 aliphatic rings. The van der Waals surface area contributed by atoms with Crippen LogP contribution in [0.5, 0.6) is 0 Å². The minimum Gasteiger partial charge on any atom is -0.305 e. The van der Waals surface area contributed by atoms with E-state index in [1.54, 1.807) is 0 Å². The summed E-state index contributed by atoms with van der Waals surface area (Å²) in [5.74, 6) is 0. The van der Waals surface area contributed by atoms with Gasteiger partial charge in [0.1, 0.15) is 6.17 Å². The van der Waals surface area contributed by atoms with Crippen molar-refractivity contribution >= 4 is 38.7 Å². The van der Waals surface area contributed by atoms with Gasteiger partial charge in [-0.05, 0) is 29.7 Å². The summed E-state index contributed by atoms with van der Waals surface area (Å²) in [7, 11) is 0. The van der Waals surface area contributed by atoms with Crippen LogP contribution in [0.1, 0.15) is 25.3 Å². The summed E-state index contributed by atoms with van der Waals surface area (Å²) in [6, 6.07) is 5.49. The van der Waals surface area contributed by atoms with E-state index >= 15 is 0 Å². The second kappa shape index (κ2) is 7.13. The molecule has 2 rings (SSSR count). The van der Waals surface area contributed by atoms with Crippen molar-refractivity contribution < 1.29 is 9.18 Å². The lowest BCUT2D eigenvalue weighted by molar-refractivity contribution is -0.105. The fourth-order valence-electron chi connectivity index (χ4n) is 1.94. The summed E-state index contributed by atoms with van der Waals surface area (Å²) in [5, 5.41) is 3.06. The molecule has 1 N–H and O–H groups in total. The summed E-state index contributed by atoms with van der Waals surface area (Å²) in [4.78, 5) is 14.7. The van der Waals surface area contributed by atoms with Crippen LogP contribution in [0.2, 0.25) is 0 Å². The van der Waals surface area contributed by atoms with Crippen LogP contribution in [0.25, 0.3) is 15.8 Å². The first kappa shape index (κ1) is 15.4. The largest absolute Gasteiger partial charge is 0.305 e. The van der Waals surface area contributed by atoms with Gasteiger partial charge in [0, 0.05) is 6.42 Å². The van der Waals surface area contributed by atoms with Gasteiger partial charge in [-0.25, -0.2) is 9.37 Å². The molecule has 1 unspecified atom stereocenters. The molecular formula is C16H17FN2OS. The Morgan fingerprint density at radius 1 is 1.52 bits per heavy atom. The van der Waals surface area contributed by atoms with E-state index < -0.39 is 6.17 Å². The van der Waals surface area contributed by atoms with E-state index in [2.05, 4.69) is 16.9 Å². The van der Waals surface area contributed by atoms with Crippen LogP contribution in [-0.2, 0) is 4.79 Å². The second-order valence-electron chi connectivity index (χ2n) is 4.57. The smallest absolute Gasteiger partial charge is 0.213 e. The first-order valence-corrected chi connectivity index (χ1v) is 7.56. The highest BCUT2D eigenvalue weighted by atomic mass is 32.1. The second-order valence-corrected chi connectivity index (χ2v) is 5.60. The monoisotopic (exact) mass is 304 g/mol. The zero-order chi connectivity index (χ0) is 15.2. The van der Waals surface area contributed by atoms with Gasteiger partial charge in [0.25, 0.3) is 0 Å². The van der Waals surface area contributed by atoms with Crippen molar-refractivity contribution in [3.05, 3.63) is 42.5 Å². The Morgan fingerprint density at radius 3 is 3.05 bits per heavy atom. The summed E-state index contributed by atoms with van der Waals surface area (Å²) in [6.07, 6.45) is 4.53. The molecule has 0 saturated carbocycles. The van der Waals surface area contributed by atoms with Crippen LogP contribution >= 0.6 is 11.3 Å². The number of halogens is 1. The molecule has 0 fully saturated rings. The lowest BCUT2D eigenvalue weighted by Gasteiger charge is -2.09. The van der Waals surface area contributed by atoms with E-state index in [0.29, 0.717) is 23.5 Å². The fourth-order valence-corrected chi connectivity index (χ4v) is 2.81. The highest BCUT2D eigenvalue weighted by molar-refractivity contribution is 7.22. The third-order valence-electron chi connectivity index (χ3n) is 3.07. The average molecular weight is 304 g/mol. The van der Waals surface area contributed by atoms with Crippen molar-refractivity contribution in [2.75, 3.05) is 5.32 Å². The predicted molar refractivity (Wildman–Crippen MR) is 87.3 cm³/mol. The van der Waals surface area contributed by atoms with Gasteiger partial charge in [0.05, 0.1) is 10.2 Å². The molecule has 0 radical (unpaired) electrons. The number of carbonyl (C=O) groups is 1. The number of aromatic nitrogens is 1. The summed E-state index contributed by atoms with van der Waals surface area (Å²) in [6.45, 7) is 5.87. The van der Waals surface area contributed by atoms with Crippen LogP contribution < -0.4 is 5.32 Å². The summed E-state index contributed by atoms with van der Waals surface area (Å²) >= 11 is 1.36. The Balaban J connectivity index is 2.19. The number of fused-ring (bicyclic) bond motifs is 1. The Kier molecular flexibility index (Phi) is 5.22. The van der Waals surface area contributed by atoms with Crippen molar-refractivity contribution in [3.8, 4) is 0 Å². The van der Waals surface area contributed by atoms with Crippen molar-refractivity contribution in [3.63, 3.8) is 0 Å². The molecule has 2 aromatic rings. The molecule has 1 amide bonds. The topological polar surface area (TPSA) is 42.0 Å². The van der Waals surface area contributed by atoms with Gasteiger partial charge >= 0.3 is 0 Å².